The summed E-state index contributed by atoms with van der Waals surface area (Å²) in [5.41, 5.74) is 0. The van der Waals surface area contributed by atoms with Crippen LogP contribution < -0.4 is 10.6 Å². The van der Waals surface area contributed by atoms with E-state index in [1.807, 2.05) is 0 Å². The summed E-state index contributed by atoms with van der Waals surface area (Å²) in [6.45, 7) is 0. The Balaban J connectivity index is 1.45. The van der Waals surface area contributed by atoms with E-state index in [9.17, 15) is 0 Å². The number of fused-ring (bicyclic) bond motifs is 2. The van der Waals surface area contributed by atoms with E-state index in [4.69, 9.17) is 12.2 Å². The minimum Gasteiger partial charge on any atom is -0.360 e. The van der Waals surface area contributed by atoms with Crippen LogP contribution >= 0.6 is 12.2 Å². The SMILES string of the molecule is S=C(NC1CCCCC1)NC1CC2C=CC1C2. The first-order valence-electron chi connectivity index (χ1n) is 7.06. The zero-order valence-electron chi connectivity index (χ0n) is 10.3. The van der Waals surface area contributed by atoms with E-state index in [1.165, 1.54) is 44.9 Å². The Morgan fingerprint density at radius 3 is 2.47 bits per heavy atom. The third-order valence-electron chi connectivity index (χ3n) is 4.54. The molecule has 3 atom stereocenters. The number of rotatable bonds is 2. The Labute approximate surface area is 109 Å². The van der Waals surface area contributed by atoms with Gasteiger partial charge in [-0.15, -0.1) is 0 Å². The van der Waals surface area contributed by atoms with Crippen molar-refractivity contribution in [2.24, 2.45) is 11.8 Å². The maximum Gasteiger partial charge on any atom is 0.166 e. The number of allylic oxidation sites excluding steroid dienone is 1. The van der Waals surface area contributed by atoms with Gasteiger partial charge in [-0.1, -0.05) is 31.4 Å². The van der Waals surface area contributed by atoms with Crippen LogP contribution in [0.5, 0.6) is 0 Å². The molecular weight excluding hydrogens is 228 g/mol. The van der Waals surface area contributed by atoms with Gasteiger partial charge in [-0.2, -0.15) is 0 Å². The molecule has 17 heavy (non-hydrogen) atoms. The van der Waals surface area contributed by atoms with E-state index in [0.717, 1.165) is 16.9 Å². The lowest BCUT2D eigenvalue weighted by molar-refractivity contribution is 0.408. The maximum atomic E-state index is 5.44. The van der Waals surface area contributed by atoms with Gasteiger partial charge in [0.2, 0.25) is 0 Å². The molecule has 2 saturated carbocycles. The molecule has 3 heteroatoms. The fraction of sp³-hybridized carbons (Fsp3) is 0.786. The minimum atomic E-state index is 0.591. The molecule has 0 aromatic rings. The molecule has 2 nitrogen and oxygen atoms in total. The topological polar surface area (TPSA) is 24.1 Å². The summed E-state index contributed by atoms with van der Waals surface area (Å²) in [4.78, 5) is 0. The molecule has 0 aromatic carbocycles. The molecule has 0 saturated heterocycles. The Hall–Kier alpha value is -0.570. The van der Waals surface area contributed by atoms with Gasteiger partial charge in [0.25, 0.3) is 0 Å². The maximum absolute atomic E-state index is 5.44. The van der Waals surface area contributed by atoms with Crippen molar-refractivity contribution in [3.8, 4) is 0 Å². The van der Waals surface area contributed by atoms with Crippen molar-refractivity contribution >= 4 is 17.3 Å². The van der Waals surface area contributed by atoms with Crippen LogP contribution in [-0.4, -0.2) is 17.2 Å². The van der Waals surface area contributed by atoms with Crippen LogP contribution in [0.3, 0.4) is 0 Å². The van der Waals surface area contributed by atoms with Crippen molar-refractivity contribution in [3.63, 3.8) is 0 Å². The first-order chi connectivity index (χ1) is 8.31. The molecule has 94 valence electrons. The summed E-state index contributed by atoms with van der Waals surface area (Å²) in [5.74, 6) is 1.54. The monoisotopic (exact) mass is 250 g/mol. The molecule has 0 aromatic heterocycles. The van der Waals surface area contributed by atoms with Crippen molar-refractivity contribution in [2.75, 3.05) is 0 Å². The predicted molar refractivity (Wildman–Crippen MR) is 74.9 cm³/mol. The molecule has 3 aliphatic rings. The zero-order chi connectivity index (χ0) is 11.7. The summed E-state index contributed by atoms with van der Waals surface area (Å²) >= 11 is 5.44. The molecule has 0 aliphatic heterocycles. The summed E-state index contributed by atoms with van der Waals surface area (Å²) in [5, 5.41) is 7.92. The summed E-state index contributed by atoms with van der Waals surface area (Å²) < 4.78 is 0. The molecule has 3 aliphatic carbocycles. The highest BCUT2D eigenvalue weighted by atomic mass is 32.1. The third kappa shape index (κ3) is 2.65. The first kappa shape index (κ1) is 11.5. The largest absolute Gasteiger partial charge is 0.360 e. The molecule has 2 fully saturated rings. The van der Waals surface area contributed by atoms with E-state index in [0.29, 0.717) is 12.1 Å². The summed E-state index contributed by atoms with van der Waals surface area (Å²) in [7, 11) is 0. The standard InChI is InChI=1S/C14H22N2S/c17-14(15-12-4-2-1-3-5-12)16-13-9-10-6-7-11(13)8-10/h6-7,10-13H,1-5,8-9H2,(H2,15,16,17). The Morgan fingerprint density at radius 2 is 1.82 bits per heavy atom. The molecule has 0 amide bonds. The van der Waals surface area contributed by atoms with Gasteiger partial charge in [-0.25, -0.2) is 0 Å². The van der Waals surface area contributed by atoms with Crippen molar-refractivity contribution in [1.29, 1.82) is 0 Å². The van der Waals surface area contributed by atoms with E-state index in [2.05, 4.69) is 22.8 Å². The number of hydrogen-bond acceptors (Lipinski definition) is 1. The van der Waals surface area contributed by atoms with Crippen LogP contribution in [0.4, 0.5) is 0 Å². The molecule has 0 heterocycles. The number of nitrogens with one attached hydrogen (secondary N) is 2. The lowest BCUT2D eigenvalue weighted by Gasteiger charge is -2.27. The highest BCUT2D eigenvalue weighted by Crippen LogP contribution is 2.38. The summed E-state index contributed by atoms with van der Waals surface area (Å²) in [6.07, 6.45) is 14.0. The Bertz CT molecular complexity index is 320. The highest BCUT2D eigenvalue weighted by Gasteiger charge is 2.35. The molecule has 2 bridgehead atoms. The second kappa shape index (κ2) is 4.97. The van der Waals surface area contributed by atoms with Gasteiger partial charge in [0.15, 0.2) is 5.11 Å². The van der Waals surface area contributed by atoms with Gasteiger partial charge in [0, 0.05) is 12.1 Å². The Kier molecular flexibility index (Phi) is 3.37. The first-order valence-corrected chi connectivity index (χ1v) is 7.47. The van der Waals surface area contributed by atoms with Crippen LogP contribution in [0.25, 0.3) is 0 Å². The molecule has 0 radical (unpaired) electrons. The average molecular weight is 250 g/mol. The second-order valence-corrected chi connectivity index (χ2v) is 6.25. The van der Waals surface area contributed by atoms with Gasteiger partial charge in [0.1, 0.15) is 0 Å². The van der Waals surface area contributed by atoms with Gasteiger partial charge >= 0.3 is 0 Å². The average Bonchev–Trinajstić information content (AvgIpc) is 2.92. The van der Waals surface area contributed by atoms with Gasteiger partial charge in [-0.3, -0.25) is 0 Å². The molecular formula is C14H22N2S. The van der Waals surface area contributed by atoms with E-state index < -0.39 is 0 Å². The highest BCUT2D eigenvalue weighted by molar-refractivity contribution is 7.80. The van der Waals surface area contributed by atoms with E-state index >= 15 is 0 Å². The molecule has 3 unspecified atom stereocenters. The van der Waals surface area contributed by atoms with Crippen LogP contribution in [0.2, 0.25) is 0 Å². The molecule has 2 N–H and O–H groups in total. The fourth-order valence-electron chi connectivity index (χ4n) is 3.59. The van der Waals surface area contributed by atoms with Crippen molar-refractivity contribution in [1.82, 2.24) is 10.6 Å². The Morgan fingerprint density at radius 1 is 1.00 bits per heavy atom. The normalized spacial score (nSPS) is 36.1. The van der Waals surface area contributed by atoms with Crippen LogP contribution in [0.1, 0.15) is 44.9 Å². The summed E-state index contributed by atoms with van der Waals surface area (Å²) in [6, 6.07) is 1.21. The predicted octanol–water partition coefficient (Wildman–Crippen LogP) is 2.75. The van der Waals surface area contributed by atoms with Crippen LogP contribution in [-0.2, 0) is 0 Å². The third-order valence-corrected chi connectivity index (χ3v) is 4.77. The molecule has 3 rings (SSSR count). The van der Waals surface area contributed by atoms with Crippen LogP contribution in [0.15, 0.2) is 12.2 Å². The fourth-order valence-corrected chi connectivity index (χ4v) is 3.91. The smallest absolute Gasteiger partial charge is 0.166 e. The lowest BCUT2D eigenvalue weighted by atomic mass is 9.96. The quantitative estimate of drug-likeness (QED) is 0.582. The second-order valence-electron chi connectivity index (χ2n) is 5.84. The van der Waals surface area contributed by atoms with Gasteiger partial charge in [-0.05, 0) is 49.7 Å². The van der Waals surface area contributed by atoms with Gasteiger partial charge < -0.3 is 10.6 Å². The van der Waals surface area contributed by atoms with Crippen LogP contribution in [0, 0.1) is 11.8 Å². The van der Waals surface area contributed by atoms with E-state index in [-0.39, 0.29) is 0 Å². The number of thiocarbonyl (C=S) groups is 1. The minimum absolute atomic E-state index is 0.591. The van der Waals surface area contributed by atoms with Crippen molar-refractivity contribution in [3.05, 3.63) is 12.2 Å². The zero-order valence-corrected chi connectivity index (χ0v) is 11.1. The van der Waals surface area contributed by atoms with Gasteiger partial charge in [0.05, 0.1) is 0 Å². The number of hydrogen-bond donors (Lipinski definition) is 2. The van der Waals surface area contributed by atoms with E-state index in [1.54, 1.807) is 0 Å². The lowest BCUT2D eigenvalue weighted by Crippen LogP contribution is -2.47. The van der Waals surface area contributed by atoms with Crippen molar-refractivity contribution < 1.29 is 0 Å². The van der Waals surface area contributed by atoms with Crippen molar-refractivity contribution in [2.45, 2.75) is 57.0 Å². The molecule has 0 spiro atoms.